The van der Waals surface area contributed by atoms with E-state index in [2.05, 4.69) is 14.7 Å². The van der Waals surface area contributed by atoms with Crippen LogP contribution in [0.25, 0.3) is 0 Å². The lowest BCUT2D eigenvalue weighted by Crippen LogP contribution is -2.49. The lowest BCUT2D eigenvalue weighted by atomic mass is 10.1. The molecule has 8 heteroatoms. The van der Waals surface area contributed by atoms with Crippen molar-refractivity contribution < 1.29 is 13.2 Å². The first-order valence-electron chi connectivity index (χ1n) is 5.98. The number of likely N-dealkylation sites (tertiary alicyclic amines) is 1. The van der Waals surface area contributed by atoms with Gasteiger partial charge in [0.15, 0.2) is 0 Å². The fourth-order valence-corrected chi connectivity index (χ4v) is 2.93. The van der Waals surface area contributed by atoms with Gasteiger partial charge in [0.25, 0.3) is 5.91 Å². The molecule has 0 spiro atoms. The third-order valence-corrected chi connectivity index (χ3v) is 3.63. The molecule has 1 N–H and O–H groups in total. The van der Waals surface area contributed by atoms with Crippen LogP contribution in [-0.2, 0) is 10.0 Å². The van der Waals surface area contributed by atoms with E-state index in [-0.39, 0.29) is 17.6 Å². The van der Waals surface area contributed by atoms with Crippen LogP contribution in [0.2, 0.25) is 0 Å². The topological polar surface area (TPSA) is 92.3 Å². The van der Waals surface area contributed by atoms with Crippen molar-refractivity contribution in [3.8, 4) is 0 Å². The molecule has 2 rings (SSSR count). The van der Waals surface area contributed by atoms with Crippen LogP contribution in [0, 0.1) is 0 Å². The quantitative estimate of drug-likeness (QED) is 0.817. The Bertz CT molecular complexity index is 546. The highest BCUT2D eigenvalue weighted by molar-refractivity contribution is 7.88. The summed E-state index contributed by atoms with van der Waals surface area (Å²) in [5, 5.41) is 0. The zero-order valence-electron chi connectivity index (χ0n) is 10.6. The molecule has 1 atom stereocenters. The number of aromatic nitrogens is 2. The minimum atomic E-state index is -3.25. The number of hydrogen-bond acceptors (Lipinski definition) is 5. The van der Waals surface area contributed by atoms with Crippen molar-refractivity contribution in [1.29, 1.82) is 0 Å². The molecule has 0 radical (unpaired) electrons. The number of carbonyl (C=O) groups is 1. The minimum Gasteiger partial charge on any atom is -0.336 e. The number of amides is 1. The molecule has 1 unspecified atom stereocenters. The first kappa shape index (κ1) is 13.9. The Kier molecular flexibility index (Phi) is 4.11. The maximum atomic E-state index is 12.2. The predicted molar refractivity (Wildman–Crippen MR) is 68.9 cm³/mol. The van der Waals surface area contributed by atoms with Crippen LogP contribution in [0.1, 0.15) is 23.3 Å². The summed E-state index contributed by atoms with van der Waals surface area (Å²) in [4.78, 5) is 21.6. The molecular formula is C11H16N4O3S. The lowest BCUT2D eigenvalue weighted by molar-refractivity contribution is 0.0696. The molecule has 0 aromatic carbocycles. The van der Waals surface area contributed by atoms with Gasteiger partial charge >= 0.3 is 0 Å². The lowest BCUT2D eigenvalue weighted by Gasteiger charge is -2.32. The van der Waals surface area contributed by atoms with Gasteiger partial charge in [0.1, 0.15) is 5.69 Å². The monoisotopic (exact) mass is 284 g/mol. The summed E-state index contributed by atoms with van der Waals surface area (Å²) >= 11 is 0. The largest absolute Gasteiger partial charge is 0.336 e. The summed E-state index contributed by atoms with van der Waals surface area (Å²) in [5.41, 5.74) is 0.280. The van der Waals surface area contributed by atoms with E-state index >= 15 is 0 Å². The molecule has 1 saturated heterocycles. The third kappa shape index (κ3) is 3.97. The molecule has 1 aliphatic rings. The summed E-state index contributed by atoms with van der Waals surface area (Å²) < 4.78 is 25.0. The van der Waals surface area contributed by atoms with Gasteiger partial charge in [-0.15, -0.1) is 0 Å². The zero-order valence-corrected chi connectivity index (χ0v) is 11.4. The molecular weight excluding hydrogens is 268 g/mol. The number of piperidine rings is 1. The Morgan fingerprint density at radius 3 is 2.89 bits per heavy atom. The molecule has 1 aromatic heterocycles. The van der Waals surface area contributed by atoms with E-state index < -0.39 is 10.0 Å². The van der Waals surface area contributed by atoms with Gasteiger partial charge < -0.3 is 4.90 Å². The van der Waals surface area contributed by atoms with Crippen molar-refractivity contribution in [1.82, 2.24) is 19.6 Å². The average Bonchev–Trinajstić information content (AvgIpc) is 2.37. The Balaban J connectivity index is 2.03. The van der Waals surface area contributed by atoms with Crippen molar-refractivity contribution in [2.45, 2.75) is 18.9 Å². The molecule has 1 amide bonds. The normalized spacial score (nSPS) is 20.3. The zero-order chi connectivity index (χ0) is 13.9. The first-order chi connectivity index (χ1) is 8.96. The fraction of sp³-hybridized carbons (Fsp3) is 0.545. The molecule has 1 aromatic rings. The maximum Gasteiger partial charge on any atom is 0.274 e. The Hall–Kier alpha value is -1.54. The Morgan fingerprint density at radius 1 is 1.47 bits per heavy atom. The second-order valence-electron chi connectivity index (χ2n) is 4.57. The summed E-state index contributed by atoms with van der Waals surface area (Å²) in [6.45, 7) is 0.972. The van der Waals surface area contributed by atoms with Crippen molar-refractivity contribution in [3.63, 3.8) is 0 Å². The van der Waals surface area contributed by atoms with E-state index in [0.29, 0.717) is 13.1 Å². The number of nitrogens with zero attached hydrogens (tertiary/aromatic N) is 3. The highest BCUT2D eigenvalue weighted by Gasteiger charge is 2.26. The van der Waals surface area contributed by atoms with Gasteiger partial charge in [0, 0.05) is 31.5 Å². The summed E-state index contributed by atoms with van der Waals surface area (Å²) in [6, 6.07) is -0.232. The number of sulfonamides is 1. The Morgan fingerprint density at radius 2 is 2.26 bits per heavy atom. The molecule has 2 heterocycles. The van der Waals surface area contributed by atoms with Gasteiger partial charge in [0.2, 0.25) is 10.0 Å². The van der Waals surface area contributed by atoms with E-state index in [1.807, 2.05) is 0 Å². The second-order valence-corrected chi connectivity index (χ2v) is 6.35. The molecule has 1 fully saturated rings. The van der Waals surface area contributed by atoms with Gasteiger partial charge in [0.05, 0.1) is 12.5 Å². The smallest absolute Gasteiger partial charge is 0.274 e. The molecule has 0 bridgehead atoms. The number of rotatable bonds is 3. The van der Waals surface area contributed by atoms with Crippen LogP contribution >= 0.6 is 0 Å². The summed E-state index contributed by atoms with van der Waals surface area (Å²) in [5.74, 6) is -0.215. The third-order valence-electron chi connectivity index (χ3n) is 2.87. The predicted octanol–water partition coefficient (Wildman–Crippen LogP) is -0.370. The second kappa shape index (κ2) is 5.62. The van der Waals surface area contributed by atoms with Crippen LogP contribution in [0.4, 0.5) is 0 Å². The van der Waals surface area contributed by atoms with E-state index in [9.17, 15) is 13.2 Å². The van der Waals surface area contributed by atoms with Crippen molar-refractivity contribution in [2.24, 2.45) is 0 Å². The van der Waals surface area contributed by atoms with Crippen LogP contribution in [0.5, 0.6) is 0 Å². The molecule has 104 valence electrons. The number of nitrogens with one attached hydrogen (secondary N) is 1. The van der Waals surface area contributed by atoms with E-state index in [4.69, 9.17) is 0 Å². The molecule has 0 aliphatic carbocycles. The van der Waals surface area contributed by atoms with Crippen LogP contribution in [0.15, 0.2) is 18.6 Å². The van der Waals surface area contributed by atoms with Crippen LogP contribution in [0.3, 0.4) is 0 Å². The highest BCUT2D eigenvalue weighted by atomic mass is 32.2. The highest BCUT2D eigenvalue weighted by Crippen LogP contribution is 2.13. The van der Waals surface area contributed by atoms with E-state index in [0.717, 1.165) is 19.1 Å². The van der Waals surface area contributed by atoms with Gasteiger partial charge in [-0.3, -0.25) is 9.78 Å². The van der Waals surface area contributed by atoms with Crippen molar-refractivity contribution >= 4 is 15.9 Å². The van der Waals surface area contributed by atoms with Gasteiger partial charge in [-0.1, -0.05) is 0 Å². The molecule has 0 saturated carbocycles. The number of carbonyl (C=O) groups excluding carboxylic acids is 1. The van der Waals surface area contributed by atoms with Crippen molar-refractivity contribution in [3.05, 3.63) is 24.3 Å². The van der Waals surface area contributed by atoms with Crippen LogP contribution < -0.4 is 4.72 Å². The molecule has 19 heavy (non-hydrogen) atoms. The fourth-order valence-electron chi connectivity index (χ4n) is 2.13. The standard InChI is InChI=1S/C11H16N4O3S/c1-19(17,18)14-9-3-2-6-15(8-9)11(16)10-7-12-4-5-13-10/h4-5,7,9,14H,2-3,6,8H2,1H3. The average molecular weight is 284 g/mol. The SMILES string of the molecule is CS(=O)(=O)NC1CCCN(C(=O)c2cnccn2)C1. The summed E-state index contributed by atoms with van der Waals surface area (Å²) in [7, 11) is -3.25. The van der Waals surface area contributed by atoms with Gasteiger partial charge in [-0.25, -0.2) is 18.1 Å². The van der Waals surface area contributed by atoms with E-state index in [1.54, 1.807) is 4.90 Å². The van der Waals surface area contributed by atoms with Crippen molar-refractivity contribution in [2.75, 3.05) is 19.3 Å². The molecule has 1 aliphatic heterocycles. The number of hydrogen-bond donors (Lipinski definition) is 1. The summed E-state index contributed by atoms with van der Waals surface area (Å²) in [6.07, 6.45) is 6.99. The van der Waals surface area contributed by atoms with E-state index in [1.165, 1.54) is 18.6 Å². The molecule has 7 nitrogen and oxygen atoms in total. The van der Waals surface area contributed by atoms with Crippen LogP contribution in [-0.4, -0.2) is 54.6 Å². The Labute approximate surface area is 112 Å². The van der Waals surface area contributed by atoms with Gasteiger partial charge in [-0.2, -0.15) is 0 Å². The maximum absolute atomic E-state index is 12.2. The first-order valence-corrected chi connectivity index (χ1v) is 7.87. The minimum absolute atomic E-state index is 0.215. The van der Waals surface area contributed by atoms with Gasteiger partial charge in [-0.05, 0) is 12.8 Å².